The van der Waals surface area contributed by atoms with Crippen LogP contribution < -0.4 is 5.32 Å². The number of thioether (sulfide) groups is 1. The van der Waals surface area contributed by atoms with E-state index in [9.17, 15) is 18.0 Å². The van der Waals surface area contributed by atoms with Gasteiger partial charge in [0.25, 0.3) is 5.91 Å². The average molecular weight is 550 g/mol. The van der Waals surface area contributed by atoms with E-state index in [-0.39, 0.29) is 24.2 Å². The van der Waals surface area contributed by atoms with E-state index in [0.29, 0.717) is 9.50 Å². The van der Waals surface area contributed by atoms with Crippen molar-refractivity contribution >= 4 is 45.2 Å². The lowest BCUT2D eigenvalue weighted by Gasteiger charge is -2.28. The molecule has 0 spiro atoms. The molecule has 3 rings (SSSR count). The number of carbonyl (C=O) groups excluding carboxylic acids is 1. The Hall–Kier alpha value is -1.22. The van der Waals surface area contributed by atoms with Gasteiger partial charge in [0.15, 0.2) is 0 Å². The zero-order valence-corrected chi connectivity index (χ0v) is 20.9. The van der Waals surface area contributed by atoms with E-state index in [1.807, 2.05) is 17.9 Å². The summed E-state index contributed by atoms with van der Waals surface area (Å²) in [5.74, 6) is 0.288. The molecule has 1 amide bonds. The Labute approximate surface area is 204 Å². The SMILES string of the molecule is CCSc1ccc(Cl)cc1CNC(=O)c1cc(Br)c(CN2CCCCC2)c(C(F)(F)F)c1. The predicted molar refractivity (Wildman–Crippen MR) is 127 cm³/mol. The number of benzene rings is 2. The molecule has 174 valence electrons. The Kier molecular flexibility index (Phi) is 8.95. The highest BCUT2D eigenvalue weighted by atomic mass is 79.9. The molecule has 0 unspecified atom stereocenters. The van der Waals surface area contributed by atoms with Crippen molar-refractivity contribution in [2.75, 3.05) is 18.8 Å². The fraction of sp³-hybridized carbons (Fsp3) is 0.435. The molecule has 0 bridgehead atoms. The van der Waals surface area contributed by atoms with Gasteiger partial charge in [-0.3, -0.25) is 9.69 Å². The molecule has 0 saturated carbocycles. The maximum absolute atomic E-state index is 13.9. The molecule has 9 heteroatoms. The first-order chi connectivity index (χ1) is 15.2. The smallest absolute Gasteiger partial charge is 0.348 e. The second kappa shape index (κ2) is 11.3. The van der Waals surface area contributed by atoms with Gasteiger partial charge in [-0.2, -0.15) is 13.2 Å². The Morgan fingerprint density at radius 2 is 1.91 bits per heavy atom. The zero-order chi connectivity index (χ0) is 23.3. The quantitative estimate of drug-likeness (QED) is 0.372. The fourth-order valence-electron chi connectivity index (χ4n) is 3.78. The van der Waals surface area contributed by atoms with Crippen LogP contribution in [0.5, 0.6) is 0 Å². The lowest BCUT2D eigenvalue weighted by Crippen LogP contribution is -2.30. The van der Waals surface area contributed by atoms with E-state index < -0.39 is 17.6 Å². The summed E-state index contributed by atoms with van der Waals surface area (Å²) in [4.78, 5) is 15.8. The Morgan fingerprint density at radius 3 is 2.56 bits per heavy atom. The number of piperidine rings is 1. The molecule has 1 heterocycles. The largest absolute Gasteiger partial charge is 0.416 e. The Morgan fingerprint density at radius 1 is 1.19 bits per heavy atom. The van der Waals surface area contributed by atoms with Crippen LogP contribution in [-0.2, 0) is 19.3 Å². The van der Waals surface area contributed by atoms with Gasteiger partial charge in [0.2, 0.25) is 0 Å². The molecule has 1 aliphatic heterocycles. The summed E-state index contributed by atoms with van der Waals surface area (Å²) in [6.07, 6.45) is -1.47. The third kappa shape index (κ3) is 6.65. The van der Waals surface area contributed by atoms with Gasteiger partial charge >= 0.3 is 6.18 Å². The van der Waals surface area contributed by atoms with Crippen molar-refractivity contribution in [2.45, 2.75) is 50.3 Å². The third-order valence-corrected chi connectivity index (χ3v) is 7.30. The van der Waals surface area contributed by atoms with E-state index in [1.54, 1.807) is 23.9 Å². The van der Waals surface area contributed by atoms with Crippen molar-refractivity contribution in [2.24, 2.45) is 0 Å². The Balaban J connectivity index is 1.82. The molecule has 1 fully saturated rings. The van der Waals surface area contributed by atoms with E-state index in [4.69, 9.17) is 11.6 Å². The van der Waals surface area contributed by atoms with Crippen molar-refractivity contribution in [1.29, 1.82) is 0 Å². The van der Waals surface area contributed by atoms with E-state index in [2.05, 4.69) is 21.2 Å². The van der Waals surface area contributed by atoms with Crippen LogP contribution in [0.1, 0.15) is 53.2 Å². The van der Waals surface area contributed by atoms with Crippen LogP contribution in [0.4, 0.5) is 13.2 Å². The monoisotopic (exact) mass is 548 g/mol. The molecule has 32 heavy (non-hydrogen) atoms. The molecule has 2 aromatic carbocycles. The second-order valence-electron chi connectivity index (χ2n) is 7.69. The zero-order valence-electron chi connectivity index (χ0n) is 17.7. The van der Waals surface area contributed by atoms with Crippen LogP contribution in [0.25, 0.3) is 0 Å². The Bertz CT molecular complexity index is 965. The van der Waals surface area contributed by atoms with E-state index >= 15 is 0 Å². The molecule has 0 radical (unpaired) electrons. The van der Waals surface area contributed by atoms with E-state index in [0.717, 1.165) is 54.6 Å². The van der Waals surface area contributed by atoms with Gasteiger partial charge in [-0.15, -0.1) is 11.8 Å². The van der Waals surface area contributed by atoms with Crippen LogP contribution >= 0.6 is 39.3 Å². The van der Waals surface area contributed by atoms with Crippen LogP contribution in [0, 0.1) is 0 Å². The summed E-state index contributed by atoms with van der Waals surface area (Å²) in [6.45, 7) is 3.96. The number of halogens is 5. The number of nitrogens with one attached hydrogen (secondary N) is 1. The summed E-state index contributed by atoms with van der Waals surface area (Å²) < 4.78 is 41.9. The molecule has 2 aromatic rings. The molecule has 3 nitrogen and oxygen atoms in total. The molecule has 0 aliphatic carbocycles. The number of carbonyl (C=O) groups is 1. The molecule has 0 aromatic heterocycles. The number of rotatable bonds is 7. The average Bonchev–Trinajstić information content (AvgIpc) is 2.75. The highest BCUT2D eigenvalue weighted by Gasteiger charge is 2.35. The van der Waals surface area contributed by atoms with Crippen molar-refractivity contribution in [3.8, 4) is 0 Å². The van der Waals surface area contributed by atoms with Gasteiger partial charge < -0.3 is 5.32 Å². The third-order valence-electron chi connectivity index (χ3n) is 5.36. The van der Waals surface area contributed by atoms with Gasteiger partial charge in [-0.25, -0.2) is 0 Å². The van der Waals surface area contributed by atoms with Gasteiger partial charge in [-0.1, -0.05) is 40.9 Å². The maximum Gasteiger partial charge on any atom is 0.416 e. The first-order valence-electron chi connectivity index (χ1n) is 10.5. The van der Waals surface area contributed by atoms with Gasteiger partial charge in [0.1, 0.15) is 0 Å². The molecular weight excluding hydrogens is 525 g/mol. The molecule has 1 saturated heterocycles. The van der Waals surface area contributed by atoms with Crippen molar-refractivity contribution in [3.63, 3.8) is 0 Å². The maximum atomic E-state index is 13.9. The molecular formula is C23H25BrClF3N2OS. The first-order valence-corrected chi connectivity index (χ1v) is 12.7. The summed E-state index contributed by atoms with van der Waals surface area (Å²) in [5.41, 5.74) is 0.202. The fourth-order valence-corrected chi connectivity index (χ4v) is 5.35. The number of alkyl halides is 3. The lowest BCUT2D eigenvalue weighted by atomic mass is 10.0. The first kappa shape index (κ1) is 25.4. The van der Waals surface area contributed by atoms with Gasteiger partial charge in [0, 0.05) is 33.0 Å². The minimum atomic E-state index is -4.55. The minimum absolute atomic E-state index is 0.0293. The number of hydrogen-bond acceptors (Lipinski definition) is 3. The van der Waals surface area contributed by atoms with Gasteiger partial charge in [-0.05, 0) is 73.1 Å². The van der Waals surface area contributed by atoms with Gasteiger partial charge in [0.05, 0.1) is 5.56 Å². The van der Waals surface area contributed by atoms with Crippen LogP contribution in [-0.4, -0.2) is 29.6 Å². The standard InChI is InChI=1S/C23H25BrClF3N2OS/c1-2-32-21-7-6-17(25)10-16(21)13-29-22(31)15-11-19(23(26,27)28)18(20(24)12-15)14-30-8-4-3-5-9-30/h6-7,10-12H,2-5,8-9,13-14H2,1H3,(H,29,31). The van der Waals surface area contributed by atoms with Crippen molar-refractivity contribution in [3.05, 3.63) is 62.1 Å². The summed E-state index contributed by atoms with van der Waals surface area (Å²) in [7, 11) is 0. The molecule has 0 atom stereocenters. The van der Waals surface area contributed by atoms with E-state index in [1.165, 1.54) is 6.07 Å². The number of hydrogen-bond donors (Lipinski definition) is 1. The second-order valence-corrected chi connectivity index (χ2v) is 10.3. The number of likely N-dealkylation sites (tertiary alicyclic amines) is 1. The van der Waals surface area contributed by atoms with Crippen LogP contribution in [0.3, 0.4) is 0 Å². The van der Waals surface area contributed by atoms with Crippen molar-refractivity contribution in [1.82, 2.24) is 10.2 Å². The van der Waals surface area contributed by atoms with Crippen LogP contribution in [0.15, 0.2) is 39.7 Å². The predicted octanol–water partition coefficient (Wildman–Crippen LogP) is 7.15. The summed E-state index contributed by atoms with van der Waals surface area (Å²) in [6, 6.07) is 7.85. The number of nitrogens with zero attached hydrogens (tertiary/aromatic N) is 1. The number of amides is 1. The van der Waals surface area contributed by atoms with Crippen molar-refractivity contribution < 1.29 is 18.0 Å². The normalized spacial score (nSPS) is 15.1. The molecule has 1 N–H and O–H groups in total. The molecule has 1 aliphatic rings. The lowest BCUT2D eigenvalue weighted by molar-refractivity contribution is -0.138. The summed E-state index contributed by atoms with van der Waals surface area (Å²) in [5, 5.41) is 3.28. The topological polar surface area (TPSA) is 32.3 Å². The summed E-state index contributed by atoms with van der Waals surface area (Å²) >= 11 is 11.0. The minimum Gasteiger partial charge on any atom is -0.348 e. The highest BCUT2D eigenvalue weighted by molar-refractivity contribution is 9.10. The van der Waals surface area contributed by atoms with Crippen LogP contribution in [0.2, 0.25) is 5.02 Å². The highest BCUT2D eigenvalue weighted by Crippen LogP contribution is 2.37.